The van der Waals surface area contributed by atoms with Crippen molar-refractivity contribution in [2.75, 3.05) is 11.4 Å². The highest BCUT2D eigenvalue weighted by Gasteiger charge is 2.31. The Morgan fingerprint density at radius 1 is 1.20 bits per heavy atom. The first-order valence-corrected chi connectivity index (χ1v) is 4.39. The van der Waals surface area contributed by atoms with E-state index in [1.54, 1.807) is 0 Å². The minimum atomic E-state index is -0.778. The molecule has 2 rings (SSSR count). The fourth-order valence-electron chi connectivity index (χ4n) is 1.49. The molecule has 1 amide bonds. The summed E-state index contributed by atoms with van der Waals surface area (Å²) in [4.78, 5) is 23.2. The van der Waals surface area contributed by atoms with E-state index in [1.165, 1.54) is 0 Å². The Kier molecular flexibility index (Phi) is 2.22. The highest BCUT2D eigenvalue weighted by Crippen LogP contribution is 2.23. The molecule has 1 saturated heterocycles. The molecule has 1 aliphatic heterocycles. The maximum atomic E-state index is 13.3. The second-order valence-corrected chi connectivity index (χ2v) is 3.23. The first-order valence-electron chi connectivity index (χ1n) is 4.39. The number of hydrogen-bond donors (Lipinski definition) is 0. The number of benzene rings is 1. The average Bonchev–Trinajstić information content (AvgIpc) is 2.52. The van der Waals surface area contributed by atoms with Crippen molar-refractivity contribution >= 4 is 17.4 Å². The summed E-state index contributed by atoms with van der Waals surface area (Å²) in [5.41, 5.74) is -0.175. The molecule has 0 spiro atoms. The Bertz CT molecular complexity index is 445. The van der Waals surface area contributed by atoms with Crippen LogP contribution in [0.25, 0.3) is 0 Å². The third kappa shape index (κ3) is 1.60. The molecule has 3 nitrogen and oxygen atoms in total. The molecule has 0 bridgehead atoms. The van der Waals surface area contributed by atoms with Gasteiger partial charge in [-0.15, -0.1) is 0 Å². The fourth-order valence-corrected chi connectivity index (χ4v) is 1.49. The molecular formula is C10H7F2NO2. The van der Waals surface area contributed by atoms with Crippen LogP contribution in [0.1, 0.15) is 6.42 Å². The molecule has 0 atom stereocenters. The van der Waals surface area contributed by atoms with Crippen LogP contribution in [0.15, 0.2) is 18.2 Å². The van der Waals surface area contributed by atoms with E-state index in [2.05, 4.69) is 0 Å². The molecule has 0 saturated carbocycles. The topological polar surface area (TPSA) is 37.4 Å². The van der Waals surface area contributed by atoms with Crippen LogP contribution in [0.5, 0.6) is 0 Å². The first kappa shape index (κ1) is 9.76. The van der Waals surface area contributed by atoms with Crippen LogP contribution < -0.4 is 4.90 Å². The van der Waals surface area contributed by atoms with Crippen LogP contribution >= 0.6 is 0 Å². The van der Waals surface area contributed by atoms with E-state index >= 15 is 0 Å². The maximum Gasteiger partial charge on any atom is 0.294 e. The lowest BCUT2D eigenvalue weighted by Crippen LogP contribution is -2.27. The van der Waals surface area contributed by atoms with Crippen molar-refractivity contribution in [3.8, 4) is 0 Å². The van der Waals surface area contributed by atoms with Gasteiger partial charge >= 0.3 is 0 Å². The average molecular weight is 211 g/mol. The molecule has 15 heavy (non-hydrogen) atoms. The second kappa shape index (κ2) is 3.42. The lowest BCUT2D eigenvalue weighted by molar-refractivity contribution is -0.133. The van der Waals surface area contributed by atoms with Crippen molar-refractivity contribution in [3.63, 3.8) is 0 Å². The van der Waals surface area contributed by atoms with E-state index in [0.29, 0.717) is 0 Å². The van der Waals surface area contributed by atoms with Crippen LogP contribution in [-0.4, -0.2) is 18.2 Å². The predicted molar refractivity (Wildman–Crippen MR) is 48.3 cm³/mol. The van der Waals surface area contributed by atoms with Crippen molar-refractivity contribution in [3.05, 3.63) is 29.8 Å². The van der Waals surface area contributed by atoms with Gasteiger partial charge in [0.25, 0.3) is 5.91 Å². The number of rotatable bonds is 1. The van der Waals surface area contributed by atoms with Gasteiger partial charge in [0.1, 0.15) is 11.6 Å². The third-order valence-corrected chi connectivity index (χ3v) is 2.25. The third-order valence-electron chi connectivity index (χ3n) is 2.25. The molecule has 0 aliphatic carbocycles. The summed E-state index contributed by atoms with van der Waals surface area (Å²) < 4.78 is 26.1. The Balaban J connectivity index is 2.42. The number of hydrogen-bond acceptors (Lipinski definition) is 2. The number of amides is 1. The minimum absolute atomic E-state index is 0.0504. The molecular weight excluding hydrogens is 204 g/mol. The molecule has 1 aromatic carbocycles. The summed E-state index contributed by atoms with van der Waals surface area (Å²) in [7, 11) is 0. The smallest absolute Gasteiger partial charge is 0.294 e. The quantitative estimate of drug-likeness (QED) is 0.656. The molecule has 1 aliphatic rings. The Labute approximate surface area is 84.3 Å². The standard InChI is InChI=1S/C10H7F2NO2/c11-6-1-2-7(12)8(5-6)13-4-3-9(14)10(13)15/h1-2,5H,3-4H2. The number of anilines is 1. The summed E-state index contributed by atoms with van der Waals surface area (Å²) in [5, 5.41) is 0. The monoisotopic (exact) mass is 211 g/mol. The van der Waals surface area contributed by atoms with Gasteiger partial charge in [-0.3, -0.25) is 9.59 Å². The molecule has 1 fully saturated rings. The van der Waals surface area contributed by atoms with Crippen LogP contribution in [0, 0.1) is 11.6 Å². The molecule has 0 unspecified atom stereocenters. The molecule has 0 N–H and O–H groups in total. The van der Waals surface area contributed by atoms with Crippen molar-refractivity contribution in [1.29, 1.82) is 0 Å². The van der Waals surface area contributed by atoms with Gasteiger partial charge in [0.15, 0.2) is 0 Å². The zero-order valence-electron chi connectivity index (χ0n) is 7.67. The summed E-state index contributed by atoms with van der Waals surface area (Å²) in [6, 6.07) is 2.80. The van der Waals surface area contributed by atoms with Crippen molar-refractivity contribution < 1.29 is 18.4 Å². The van der Waals surface area contributed by atoms with Gasteiger partial charge in [-0.25, -0.2) is 8.78 Å². The van der Waals surface area contributed by atoms with Gasteiger partial charge in [-0.1, -0.05) is 0 Å². The SMILES string of the molecule is O=C1CCN(c2cc(F)ccc2F)C1=O. The summed E-state index contributed by atoms with van der Waals surface area (Å²) in [5.74, 6) is -2.70. The van der Waals surface area contributed by atoms with Crippen LogP contribution in [0.4, 0.5) is 14.5 Å². The molecule has 0 radical (unpaired) electrons. The Morgan fingerprint density at radius 2 is 1.93 bits per heavy atom. The Hall–Kier alpha value is -1.78. The largest absolute Gasteiger partial charge is 0.302 e. The maximum absolute atomic E-state index is 13.3. The van der Waals surface area contributed by atoms with E-state index in [9.17, 15) is 18.4 Å². The number of Topliss-reactive ketones (excluding diaryl/α,β-unsaturated/α-hetero) is 1. The fraction of sp³-hybridized carbons (Fsp3) is 0.200. The van der Waals surface area contributed by atoms with Crippen LogP contribution in [-0.2, 0) is 9.59 Å². The summed E-state index contributed by atoms with van der Waals surface area (Å²) in [6.45, 7) is 0.109. The van der Waals surface area contributed by atoms with Crippen molar-refractivity contribution in [2.24, 2.45) is 0 Å². The predicted octanol–water partition coefficient (Wildman–Crippen LogP) is 1.27. The molecule has 1 heterocycles. The number of nitrogens with zero attached hydrogens (tertiary/aromatic N) is 1. The van der Waals surface area contributed by atoms with E-state index in [4.69, 9.17) is 0 Å². The van der Waals surface area contributed by atoms with Crippen molar-refractivity contribution in [2.45, 2.75) is 6.42 Å². The number of carbonyl (C=O) groups excluding carboxylic acids is 2. The number of carbonyl (C=O) groups is 2. The van der Waals surface area contributed by atoms with E-state index in [0.717, 1.165) is 23.1 Å². The lowest BCUT2D eigenvalue weighted by atomic mass is 10.2. The van der Waals surface area contributed by atoms with Gasteiger partial charge in [-0.2, -0.15) is 0 Å². The van der Waals surface area contributed by atoms with Gasteiger partial charge in [0.2, 0.25) is 5.78 Å². The number of halogens is 2. The lowest BCUT2D eigenvalue weighted by Gasteiger charge is -2.15. The highest BCUT2D eigenvalue weighted by molar-refractivity contribution is 6.43. The summed E-state index contributed by atoms with van der Waals surface area (Å²) in [6.07, 6.45) is 0.0504. The second-order valence-electron chi connectivity index (χ2n) is 3.23. The molecule has 0 aromatic heterocycles. The minimum Gasteiger partial charge on any atom is -0.302 e. The molecule has 5 heteroatoms. The van der Waals surface area contributed by atoms with Crippen LogP contribution in [0.3, 0.4) is 0 Å². The Morgan fingerprint density at radius 3 is 2.53 bits per heavy atom. The molecule has 78 valence electrons. The van der Waals surface area contributed by atoms with Crippen molar-refractivity contribution in [1.82, 2.24) is 0 Å². The molecule has 1 aromatic rings. The highest BCUT2D eigenvalue weighted by atomic mass is 19.1. The first-order chi connectivity index (χ1) is 7.09. The van der Waals surface area contributed by atoms with E-state index in [-0.39, 0.29) is 18.7 Å². The van der Waals surface area contributed by atoms with Crippen LogP contribution in [0.2, 0.25) is 0 Å². The van der Waals surface area contributed by atoms with E-state index < -0.39 is 23.3 Å². The normalized spacial score (nSPS) is 16.3. The van der Waals surface area contributed by atoms with Gasteiger partial charge in [0, 0.05) is 19.0 Å². The zero-order chi connectivity index (χ0) is 11.0. The van der Waals surface area contributed by atoms with Gasteiger partial charge in [-0.05, 0) is 12.1 Å². The zero-order valence-corrected chi connectivity index (χ0v) is 7.67. The summed E-state index contributed by atoms with van der Waals surface area (Å²) >= 11 is 0. The van der Waals surface area contributed by atoms with Gasteiger partial charge < -0.3 is 4.90 Å². The van der Waals surface area contributed by atoms with E-state index in [1.807, 2.05) is 0 Å². The van der Waals surface area contributed by atoms with Gasteiger partial charge in [0.05, 0.1) is 5.69 Å². The number of ketones is 1.